The molecular formula is C59H41N. The lowest BCUT2D eigenvalue weighted by atomic mass is 9.80. The van der Waals surface area contributed by atoms with E-state index < -0.39 is 0 Å². The molecule has 60 heavy (non-hydrogen) atoms. The molecule has 0 aliphatic rings. The number of para-hydroxylation sites is 2. The second-order valence-electron chi connectivity index (χ2n) is 15.5. The van der Waals surface area contributed by atoms with Crippen LogP contribution in [0.25, 0.3) is 65.3 Å². The Morgan fingerprint density at radius 2 is 0.583 bits per heavy atom. The molecule has 0 spiro atoms. The summed E-state index contributed by atoms with van der Waals surface area (Å²) in [6.07, 6.45) is 0. The first-order valence-corrected chi connectivity index (χ1v) is 20.8. The van der Waals surface area contributed by atoms with Gasteiger partial charge in [-0.2, -0.15) is 0 Å². The van der Waals surface area contributed by atoms with Gasteiger partial charge in [0.2, 0.25) is 0 Å². The molecule has 0 saturated carbocycles. The maximum Gasteiger partial charge on any atom is 0.0540 e. The van der Waals surface area contributed by atoms with E-state index in [1.165, 1.54) is 82.0 Å². The van der Waals surface area contributed by atoms with Crippen molar-refractivity contribution in [1.82, 2.24) is 0 Å². The van der Waals surface area contributed by atoms with Gasteiger partial charge in [-0.05, 0) is 107 Å². The number of hydrogen-bond donors (Lipinski definition) is 0. The Bertz CT molecular complexity index is 2940. The van der Waals surface area contributed by atoms with Crippen molar-refractivity contribution < 1.29 is 0 Å². The van der Waals surface area contributed by atoms with E-state index in [1.54, 1.807) is 0 Å². The zero-order valence-corrected chi connectivity index (χ0v) is 33.1. The van der Waals surface area contributed by atoms with Gasteiger partial charge in [-0.1, -0.05) is 212 Å². The molecule has 0 radical (unpaired) electrons. The van der Waals surface area contributed by atoms with Crippen LogP contribution in [0.1, 0.15) is 22.6 Å². The molecule has 0 aliphatic heterocycles. The van der Waals surface area contributed by atoms with Crippen molar-refractivity contribution in [3.63, 3.8) is 0 Å². The first kappa shape index (κ1) is 35.4. The lowest BCUT2D eigenvalue weighted by Crippen LogP contribution is -2.10. The molecule has 1 heteroatoms. The van der Waals surface area contributed by atoms with Crippen LogP contribution in [0, 0.1) is 0 Å². The summed E-state index contributed by atoms with van der Waals surface area (Å²) in [5, 5.41) is 9.92. The Kier molecular flexibility index (Phi) is 8.98. The summed E-state index contributed by atoms with van der Waals surface area (Å²) < 4.78 is 0. The molecule has 11 aromatic carbocycles. The largest absolute Gasteiger partial charge is 0.310 e. The lowest BCUT2D eigenvalue weighted by molar-refractivity contribution is 0.989. The summed E-state index contributed by atoms with van der Waals surface area (Å²) in [4.78, 5) is 2.38. The van der Waals surface area contributed by atoms with Crippen LogP contribution in [0.5, 0.6) is 0 Å². The number of anilines is 3. The Morgan fingerprint density at radius 3 is 1.03 bits per heavy atom. The molecular weight excluding hydrogens is 723 g/mol. The third-order valence-corrected chi connectivity index (χ3v) is 12.2. The highest BCUT2D eigenvalue weighted by molar-refractivity contribution is 6.26. The van der Waals surface area contributed by atoms with Crippen LogP contribution in [0.3, 0.4) is 0 Å². The normalized spacial score (nSPS) is 11.5. The maximum absolute atomic E-state index is 2.39. The third-order valence-electron chi connectivity index (χ3n) is 12.2. The second-order valence-corrected chi connectivity index (χ2v) is 15.5. The number of rotatable bonds is 8. The van der Waals surface area contributed by atoms with Gasteiger partial charge in [0.15, 0.2) is 0 Å². The van der Waals surface area contributed by atoms with Gasteiger partial charge in [0.05, 0.1) is 5.69 Å². The van der Waals surface area contributed by atoms with Crippen molar-refractivity contribution in [3.8, 4) is 22.3 Å². The van der Waals surface area contributed by atoms with Crippen LogP contribution in [0.15, 0.2) is 243 Å². The fraction of sp³-hybridized carbons (Fsp3) is 0.0169. The maximum atomic E-state index is 2.39. The summed E-state index contributed by atoms with van der Waals surface area (Å²) in [6, 6.07) is 88.7. The van der Waals surface area contributed by atoms with E-state index >= 15 is 0 Å². The zero-order valence-electron chi connectivity index (χ0n) is 33.1. The highest BCUT2D eigenvalue weighted by Crippen LogP contribution is 2.49. The molecule has 0 aliphatic carbocycles. The predicted octanol–water partition coefficient (Wildman–Crippen LogP) is 16.3. The van der Waals surface area contributed by atoms with Crippen molar-refractivity contribution in [1.29, 1.82) is 0 Å². The van der Waals surface area contributed by atoms with E-state index in [2.05, 4.69) is 248 Å². The summed E-state index contributed by atoms with van der Waals surface area (Å²) in [5.41, 5.74) is 12.3. The zero-order chi connectivity index (χ0) is 39.8. The quantitative estimate of drug-likeness (QED) is 0.110. The minimum Gasteiger partial charge on any atom is -0.310 e. The predicted molar refractivity (Wildman–Crippen MR) is 256 cm³/mol. The van der Waals surface area contributed by atoms with E-state index in [4.69, 9.17) is 0 Å². The van der Waals surface area contributed by atoms with E-state index in [1.807, 2.05) is 0 Å². The molecule has 282 valence electrons. The fourth-order valence-electron chi connectivity index (χ4n) is 9.62. The molecule has 0 amide bonds. The Labute approximate surface area is 351 Å². The molecule has 11 rings (SSSR count). The molecule has 0 saturated heterocycles. The molecule has 0 aromatic heterocycles. The van der Waals surface area contributed by atoms with Crippen LogP contribution in [-0.4, -0.2) is 0 Å². The smallest absolute Gasteiger partial charge is 0.0540 e. The molecule has 1 nitrogen and oxygen atoms in total. The Morgan fingerprint density at radius 1 is 0.250 bits per heavy atom. The van der Waals surface area contributed by atoms with E-state index in [0.717, 1.165) is 17.1 Å². The second kappa shape index (κ2) is 15.2. The van der Waals surface area contributed by atoms with E-state index in [0.29, 0.717) is 0 Å². The van der Waals surface area contributed by atoms with Crippen molar-refractivity contribution >= 4 is 60.2 Å². The van der Waals surface area contributed by atoms with Crippen molar-refractivity contribution in [2.24, 2.45) is 0 Å². The summed E-state index contributed by atoms with van der Waals surface area (Å²) in [5.74, 6) is 0.0955. The first-order chi connectivity index (χ1) is 29.8. The van der Waals surface area contributed by atoms with Gasteiger partial charge < -0.3 is 4.90 Å². The van der Waals surface area contributed by atoms with Crippen LogP contribution in [0.2, 0.25) is 0 Å². The molecule has 0 heterocycles. The van der Waals surface area contributed by atoms with Gasteiger partial charge in [-0.15, -0.1) is 0 Å². The van der Waals surface area contributed by atoms with Gasteiger partial charge >= 0.3 is 0 Å². The lowest BCUT2D eigenvalue weighted by Gasteiger charge is -2.28. The van der Waals surface area contributed by atoms with Gasteiger partial charge in [0, 0.05) is 22.7 Å². The van der Waals surface area contributed by atoms with Gasteiger partial charge in [-0.25, -0.2) is 0 Å². The van der Waals surface area contributed by atoms with Crippen LogP contribution < -0.4 is 4.90 Å². The standard InChI is InChI=1S/C59H41N/c1-5-21-41(22-6-1)57(42-23-7-2-8-24-42)53-37-38-54(46-30-14-13-29-45(46)53)58-49-33-17-19-35-51(49)59(52-36-20-18-34-50(52)58)55-39-40-56(48-32-16-15-31-47(48)55)60(43-25-9-3-10-26-43)44-27-11-4-12-28-44/h1-40,57H. The molecule has 0 unspecified atom stereocenters. The van der Waals surface area contributed by atoms with Gasteiger partial charge in [-0.3, -0.25) is 0 Å². The molecule has 0 atom stereocenters. The van der Waals surface area contributed by atoms with Crippen molar-refractivity contribution in [2.75, 3.05) is 4.90 Å². The van der Waals surface area contributed by atoms with Crippen LogP contribution in [-0.2, 0) is 0 Å². The van der Waals surface area contributed by atoms with Crippen molar-refractivity contribution in [2.45, 2.75) is 5.92 Å². The molecule has 0 N–H and O–H groups in total. The van der Waals surface area contributed by atoms with Crippen molar-refractivity contribution in [3.05, 3.63) is 259 Å². The Hall–Kier alpha value is -7.74. The molecule has 0 fully saturated rings. The average molecular weight is 764 g/mol. The highest BCUT2D eigenvalue weighted by atomic mass is 15.1. The summed E-state index contributed by atoms with van der Waals surface area (Å²) in [6.45, 7) is 0. The SMILES string of the molecule is c1ccc(C(c2ccccc2)c2ccc(-c3c4ccccc4c(-c4ccc(N(c5ccccc5)c5ccccc5)c5ccccc45)c4ccccc34)c3ccccc23)cc1. The number of fused-ring (bicyclic) bond motifs is 4. The topological polar surface area (TPSA) is 3.24 Å². The number of hydrogen-bond acceptors (Lipinski definition) is 1. The fourth-order valence-corrected chi connectivity index (χ4v) is 9.62. The summed E-state index contributed by atoms with van der Waals surface area (Å²) in [7, 11) is 0. The van der Waals surface area contributed by atoms with Crippen LogP contribution >= 0.6 is 0 Å². The highest BCUT2D eigenvalue weighted by Gasteiger charge is 2.24. The Balaban J connectivity index is 1.16. The minimum atomic E-state index is 0.0955. The minimum absolute atomic E-state index is 0.0955. The van der Waals surface area contributed by atoms with E-state index in [-0.39, 0.29) is 5.92 Å². The number of nitrogens with zero attached hydrogens (tertiary/aromatic N) is 1. The van der Waals surface area contributed by atoms with Gasteiger partial charge in [0.1, 0.15) is 0 Å². The monoisotopic (exact) mass is 763 g/mol. The van der Waals surface area contributed by atoms with E-state index in [9.17, 15) is 0 Å². The summed E-state index contributed by atoms with van der Waals surface area (Å²) >= 11 is 0. The third kappa shape index (κ3) is 6.03. The van der Waals surface area contributed by atoms with Crippen LogP contribution in [0.4, 0.5) is 17.1 Å². The molecule has 0 bridgehead atoms. The average Bonchev–Trinajstić information content (AvgIpc) is 3.33. The number of benzene rings is 11. The van der Waals surface area contributed by atoms with Gasteiger partial charge in [0.25, 0.3) is 0 Å². The molecule has 11 aromatic rings. The first-order valence-electron chi connectivity index (χ1n) is 20.8.